The molecule has 3 nitrogen and oxygen atoms in total. The first kappa shape index (κ1) is 14.9. The Balaban J connectivity index is 1.89. The Labute approximate surface area is 138 Å². The lowest BCUT2D eigenvalue weighted by atomic mass is 10.1. The van der Waals surface area contributed by atoms with E-state index in [1.54, 1.807) is 13.2 Å². The maximum absolute atomic E-state index is 6.39. The summed E-state index contributed by atoms with van der Waals surface area (Å²) in [5, 5.41) is 2.54. The normalized spacial score (nSPS) is 10.5. The summed E-state index contributed by atoms with van der Waals surface area (Å²) >= 11 is 7.82. The Morgan fingerprint density at radius 3 is 2.41 bits per heavy atom. The molecule has 0 bridgehead atoms. The minimum absolute atomic E-state index is 0.614. The average Bonchev–Trinajstić information content (AvgIpc) is 3.01. The number of benzene rings is 2. The molecule has 0 amide bonds. The van der Waals surface area contributed by atoms with Crippen LogP contribution in [0.5, 0.6) is 17.2 Å². The van der Waals surface area contributed by atoms with Crippen molar-refractivity contribution in [3.05, 3.63) is 57.9 Å². The highest BCUT2D eigenvalue weighted by Gasteiger charge is 2.12. The third kappa shape index (κ3) is 3.08. The highest BCUT2D eigenvalue weighted by Crippen LogP contribution is 2.36. The number of ether oxygens (including phenoxy) is 2. The van der Waals surface area contributed by atoms with Crippen molar-refractivity contribution >= 4 is 22.9 Å². The van der Waals surface area contributed by atoms with E-state index in [0.717, 1.165) is 28.3 Å². The first-order chi connectivity index (χ1) is 10.7. The molecule has 111 valence electrons. The molecule has 0 atom stereocenters. The van der Waals surface area contributed by atoms with Gasteiger partial charge in [0.05, 0.1) is 17.8 Å². The summed E-state index contributed by atoms with van der Waals surface area (Å²) in [5.41, 5.74) is 5.60. The third-order valence-electron chi connectivity index (χ3n) is 3.20. The summed E-state index contributed by atoms with van der Waals surface area (Å²) in [6.07, 6.45) is 0. The van der Waals surface area contributed by atoms with Gasteiger partial charge in [-0.05, 0) is 42.8 Å². The van der Waals surface area contributed by atoms with E-state index >= 15 is 0 Å². The van der Waals surface area contributed by atoms with Gasteiger partial charge in [0.25, 0.3) is 0 Å². The third-order valence-corrected chi connectivity index (χ3v) is 4.04. The number of thiazole rings is 1. The fourth-order valence-electron chi connectivity index (χ4n) is 2.17. The topological polar surface area (TPSA) is 31.4 Å². The number of aromatic nitrogens is 1. The molecule has 0 aliphatic heterocycles. The van der Waals surface area contributed by atoms with Gasteiger partial charge < -0.3 is 9.47 Å². The number of hydrogen-bond acceptors (Lipinski definition) is 4. The van der Waals surface area contributed by atoms with E-state index < -0.39 is 0 Å². The van der Waals surface area contributed by atoms with Gasteiger partial charge in [0, 0.05) is 17.0 Å². The van der Waals surface area contributed by atoms with Crippen LogP contribution in [-0.4, -0.2) is 12.1 Å². The van der Waals surface area contributed by atoms with Crippen molar-refractivity contribution in [2.75, 3.05) is 7.11 Å². The van der Waals surface area contributed by atoms with Gasteiger partial charge >= 0.3 is 0 Å². The van der Waals surface area contributed by atoms with Crippen molar-refractivity contribution in [1.82, 2.24) is 4.98 Å². The molecule has 0 saturated carbocycles. The maximum atomic E-state index is 6.39. The fourth-order valence-corrected chi connectivity index (χ4v) is 3.01. The number of halogens is 1. The second kappa shape index (κ2) is 6.38. The SMILES string of the molecule is COc1ccc(Oc2cc(C)c(-c3cs[c]n3)c(Cl)c2)cc1. The van der Waals surface area contributed by atoms with Crippen molar-refractivity contribution < 1.29 is 9.47 Å². The zero-order valence-electron chi connectivity index (χ0n) is 12.1. The minimum atomic E-state index is 0.614. The second-order valence-corrected chi connectivity index (χ2v) is 5.76. The predicted octanol–water partition coefficient (Wildman–Crippen LogP) is 5.37. The molecule has 0 N–H and O–H groups in total. The van der Waals surface area contributed by atoms with Crippen LogP contribution in [0.25, 0.3) is 11.3 Å². The Morgan fingerprint density at radius 1 is 1.09 bits per heavy atom. The van der Waals surface area contributed by atoms with Gasteiger partial charge in [0.1, 0.15) is 17.2 Å². The Morgan fingerprint density at radius 2 is 1.82 bits per heavy atom. The van der Waals surface area contributed by atoms with Gasteiger partial charge in [-0.15, -0.1) is 11.3 Å². The molecule has 0 aliphatic carbocycles. The van der Waals surface area contributed by atoms with Crippen LogP contribution >= 0.6 is 22.9 Å². The smallest absolute Gasteiger partial charge is 0.152 e. The molecule has 2 aromatic carbocycles. The van der Waals surface area contributed by atoms with E-state index in [0.29, 0.717) is 10.8 Å². The molecular formula is C17H13ClNO2S. The fraction of sp³-hybridized carbons (Fsp3) is 0.118. The monoisotopic (exact) mass is 330 g/mol. The zero-order chi connectivity index (χ0) is 15.5. The number of aryl methyl sites for hydroxylation is 1. The molecule has 0 saturated heterocycles. The first-order valence-corrected chi connectivity index (χ1v) is 7.87. The average molecular weight is 331 g/mol. The van der Waals surface area contributed by atoms with Crippen molar-refractivity contribution in [3.8, 4) is 28.5 Å². The van der Waals surface area contributed by atoms with Crippen molar-refractivity contribution in [2.45, 2.75) is 6.92 Å². The zero-order valence-corrected chi connectivity index (χ0v) is 13.7. The van der Waals surface area contributed by atoms with Gasteiger partial charge in [-0.3, -0.25) is 0 Å². The van der Waals surface area contributed by atoms with E-state index in [4.69, 9.17) is 21.1 Å². The Bertz CT molecular complexity index is 747. The van der Waals surface area contributed by atoms with Gasteiger partial charge in [-0.25, -0.2) is 4.98 Å². The summed E-state index contributed by atoms with van der Waals surface area (Å²) < 4.78 is 11.0. The van der Waals surface area contributed by atoms with Crippen LogP contribution in [0.2, 0.25) is 5.02 Å². The molecule has 0 fully saturated rings. The lowest BCUT2D eigenvalue weighted by molar-refractivity contribution is 0.413. The Kier molecular flexibility index (Phi) is 4.32. The van der Waals surface area contributed by atoms with Crippen LogP contribution < -0.4 is 9.47 Å². The summed E-state index contributed by atoms with van der Waals surface area (Å²) in [6, 6.07) is 11.2. The Hall–Kier alpha value is -2.04. The summed E-state index contributed by atoms with van der Waals surface area (Å²) in [7, 11) is 1.63. The molecule has 0 spiro atoms. The van der Waals surface area contributed by atoms with Crippen molar-refractivity contribution in [3.63, 3.8) is 0 Å². The number of methoxy groups -OCH3 is 1. The second-order valence-electron chi connectivity index (χ2n) is 4.70. The van der Waals surface area contributed by atoms with Crippen molar-refractivity contribution in [1.29, 1.82) is 0 Å². The number of nitrogens with zero attached hydrogens (tertiary/aromatic N) is 1. The summed E-state index contributed by atoms with van der Waals surface area (Å²) in [4.78, 5) is 4.20. The van der Waals surface area contributed by atoms with E-state index in [-0.39, 0.29) is 0 Å². The molecule has 0 aliphatic rings. The lowest BCUT2D eigenvalue weighted by Gasteiger charge is -2.11. The van der Waals surface area contributed by atoms with E-state index in [2.05, 4.69) is 10.5 Å². The quantitative estimate of drug-likeness (QED) is 0.644. The van der Waals surface area contributed by atoms with Crippen molar-refractivity contribution in [2.24, 2.45) is 0 Å². The van der Waals surface area contributed by atoms with Gasteiger partial charge in [-0.2, -0.15) is 0 Å². The van der Waals surface area contributed by atoms with Crippen LogP contribution in [0, 0.1) is 12.4 Å². The van der Waals surface area contributed by atoms with E-state index in [1.165, 1.54) is 11.3 Å². The standard InChI is InChI=1S/C17H13ClNO2S/c1-11-7-14(21-13-5-3-12(20-2)4-6-13)8-15(18)17(11)16-9-22-10-19-16/h3-9H,1-2H3. The lowest BCUT2D eigenvalue weighted by Crippen LogP contribution is -1.90. The van der Waals surface area contributed by atoms with Crippen LogP contribution in [0.3, 0.4) is 0 Å². The maximum Gasteiger partial charge on any atom is 0.152 e. The van der Waals surface area contributed by atoms with E-state index in [1.807, 2.05) is 42.6 Å². The number of rotatable bonds is 4. The molecule has 22 heavy (non-hydrogen) atoms. The van der Waals surface area contributed by atoms with Crippen LogP contribution in [-0.2, 0) is 0 Å². The van der Waals surface area contributed by atoms with Crippen LogP contribution in [0.15, 0.2) is 41.8 Å². The molecule has 1 aromatic heterocycles. The van der Waals surface area contributed by atoms with Gasteiger partial charge in [0.2, 0.25) is 0 Å². The molecule has 1 radical (unpaired) electrons. The first-order valence-electron chi connectivity index (χ1n) is 6.61. The van der Waals surface area contributed by atoms with Crippen LogP contribution in [0.1, 0.15) is 5.56 Å². The highest BCUT2D eigenvalue weighted by molar-refractivity contribution is 7.07. The molecule has 3 rings (SSSR count). The predicted molar refractivity (Wildman–Crippen MR) is 89.2 cm³/mol. The van der Waals surface area contributed by atoms with Gasteiger partial charge in [-0.1, -0.05) is 11.6 Å². The molecule has 3 aromatic rings. The minimum Gasteiger partial charge on any atom is -0.497 e. The highest BCUT2D eigenvalue weighted by atomic mass is 35.5. The summed E-state index contributed by atoms with van der Waals surface area (Å²) in [5.74, 6) is 2.21. The molecular weight excluding hydrogens is 318 g/mol. The number of hydrogen-bond donors (Lipinski definition) is 0. The molecule has 1 heterocycles. The summed E-state index contributed by atoms with van der Waals surface area (Å²) in [6.45, 7) is 1.99. The largest absolute Gasteiger partial charge is 0.497 e. The van der Waals surface area contributed by atoms with Crippen LogP contribution in [0.4, 0.5) is 0 Å². The molecule has 0 unspecified atom stereocenters. The molecule has 5 heteroatoms. The van der Waals surface area contributed by atoms with Gasteiger partial charge in [0.15, 0.2) is 5.51 Å². The van der Waals surface area contributed by atoms with E-state index in [9.17, 15) is 0 Å².